The Balaban J connectivity index is 1.64. The summed E-state index contributed by atoms with van der Waals surface area (Å²) in [5, 5.41) is 26.3. The van der Waals surface area contributed by atoms with Crippen molar-refractivity contribution in [3.05, 3.63) is 82.4 Å². The van der Waals surface area contributed by atoms with Gasteiger partial charge >= 0.3 is 0 Å². The summed E-state index contributed by atoms with van der Waals surface area (Å²) in [5.41, 5.74) is 1.75. The molecule has 1 amide bonds. The van der Waals surface area contributed by atoms with Gasteiger partial charge in [-0.15, -0.1) is 15.0 Å². The maximum atomic E-state index is 12.7. The number of tetrazole rings is 1. The second-order valence-electron chi connectivity index (χ2n) is 6.77. The number of carbonyl (C=O) groups is 1. The molecule has 1 N–H and O–H groups in total. The van der Waals surface area contributed by atoms with Gasteiger partial charge in [0.15, 0.2) is 0 Å². The molecule has 4 aromatic rings. The molecule has 0 radical (unpaired) electrons. The molecular formula is C22H18N6O5. The van der Waals surface area contributed by atoms with E-state index in [1.807, 2.05) is 0 Å². The van der Waals surface area contributed by atoms with Crippen molar-refractivity contribution in [3.63, 3.8) is 0 Å². The highest BCUT2D eigenvalue weighted by Gasteiger charge is 2.17. The number of carbonyl (C=O) groups excluding carboxylic acids is 1. The summed E-state index contributed by atoms with van der Waals surface area (Å²) in [7, 11) is 3.10. The van der Waals surface area contributed by atoms with Gasteiger partial charge in [0.2, 0.25) is 5.82 Å². The number of ether oxygens (including phenoxy) is 2. The van der Waals surface area contributed by atoms with Crippen molar-refractivity contribution in [2.45, 2.75) is 0 Å². The number of benzene rings is 3. The van der Waals surface area contributed by atoms with E-state index in [9.17, 15) is 14.9 Å². The second-order valence-corrected chi connectivity index (χ2v) is 6.77. The van der Waals surface area contributed by atoms with E-state index in [0.717, 1.165) is 0 Å². The number of nitrogens with zero attached hydrogens (tertiary/aromatic N) is 5. The van der Waals surface area contributed by atoms with Gasteiger partial charge in [-0.25, -0.2) is 0 Å². The molecule has 0 aliphatic carbocycles. The van der Waals surface area contributed by atoms with Crippen LogP contribution in [0.4, 0.5) is 11.4 Å². The van der Waals surface area contributed by atoms with Gasteiger partial charge in [0.05, 0.1) is 36.1 Å². The van der Waals surface area contributed by atoms with E-state index in [0.29, 0.717) is 28.4 Å². The molecule has 1 heterocycles. The number of hydrogen-bond acceptors (Lipinski definition) is 8. The lowest BCUT2D eigenvalue weighted by Crippen LogP contribution is -2.13. The van der Waals surface area contributed by atoms with Crippen LogP contribution in [0, 0.1) is 10.1 Å². The molecular weight excluding hydrogens is 428 g/mol. The Hall–Kier alpha value is -4.80. The van der Waals surface area contributed by atoms with E-state index in [2.05, 4.69) is 20.7 Å². The van der Waals surface area contributed by atoms with E-state index in [-0.39, 0.29) is 17.1 Å². The standard InChI is InChI=1S/C22H18N6O5/c1-32-17-9-7-15(8-10-17)27-25-21(24-26-27)19-13-18(33-2)11-12-20(19)23-22(29)14-3-5-16(6-4-14)28(30)31/h3-13H,1-2H3,(H,23,29). The molecule has 0 saturated heterocycles. The van der Waals surface area contributed by atoms with Crippen molar-refractivity contribution in [1.82, 2.24) is 20.2 Å². The van der Waals surface area contributed by atoms with E-state index >= 15 is 0 Å². The molecule has 0 bridgehead atoms. The van der Waals surface area contributed by atoms with Crippen LogP contribution in [-0.4, -0.2) is 45.3 Å². The lowest BCUT2D eigenvalue weighted by atomic mass is 10.1. The molecule has 0 saturated carbocycles. The summed E-state index contributed by atoms with van der Waals surface area (Å²) < 4.78 is 10.5. The molecule has 166 valence electrons. The molecule has 0 aliphatic heterocycles. The Bertz CT molecular complexity index is 1300. The lowest BCUT2D eigenvalue weighted by Gasteiger charge is -2.11. The minimum absolute atomic E-state index is 0.101. The van der Waals surface area contributed by atoms with Crippen LogP contribution in [0.1, 0.15) is 10.4 Å². The molecule has 1 aromatic heterocycles. The van der Waals surface area contributed by atoms with Gasteiger partial charge in [0.1, 0.15) is 11.5 Å². The number of nitro benzene ring substituents is 1. The predicted molar refractivity (Wildman–Crippen MR) is 119 cm³/mol. The number of methoxy groups -OCH3 is 2. The first-order valence-electron chi connectivity index (χ1n) is 9.67. The second kappa shape index (κ2) is 9.14. The largest absolute Gasteiger partial charge is 0.497 e. The summed E-state index contributed by atoms with van der Waals surface area (Å²) in [6, 6.07) is 17.5. The number of amides is 1. The summed E-state index contributed by atoms with van der Waals surface area (Å²) in [6.07, 6.45) is 0. The fraction of sp³-hybridized carbons (Fsp3) is 0.0909. The Morgan fingerprint density at radius 1 is 0.970 bits per heavy atom. The Morgan fingerprint density at radius 3 is 2.27 bits per heavy atom. The quantitative estimate of drug-likeness (QED) is 0.337. The molecule has 11 nitrogen and oxygen atoms in total. The van der Waals surface area contributed by atoms with Crippen molar-refractivity contribution in [3.8, 4) is 28.6 Å². The van der Waals surface area contributed by atoms with Gasteiger partial charge in [-0.2, -0.15) is 0 Å². The first-order chi connectivity index (χ1) is 16.0. The zero-order chi connectivity index (χ0) is 23.4. The molecule has 11 heteroatoms. The van der Waals surface area contributed by atoms with Crippen LogP contribution in [0.25, 0.3) is 17.1 Å². The first kappa shape index (κ1) is 21.4. The highest BCUT2D eigenvalue weighted by molar-refractivity contribution is 6.06. The van der Waals surface area contributed by atoms with Crippen molar-refractivity contribution in [1.29, 1.82) is 0 Å². The fourth-order valence-electron chi connectivity index (χ4n) is 3.02. The Kier molecular flexibility index (Phi) is 5.94. The van der Waals surface area contributed by atoms with Crippen molar-refractivity contribution in [2.24, 2.45) is 0 Å². The average molecular weight is 446 g/mol. The number of rotatable bonds is 7. The van der Waals surface area contributed by atoms with Crippen molar-refractivity contribution >= 4 is 17.3 Å². The normalized spacial score (nSPS) is 10.5. The van der Waals surface area contributed by atoms with Gasteiger partial charge < -0.3 is 14.8 Å². The summed E-state index contributed by atoms with van der Waals surface area (Å²) in [4.78, 5) is 24.4. The number of nitro groups is 1. The highest BCUT2D eigenvalue weighted by Crippen LogP contribution is 2.30. The van der Waals surface area contributed by atoms with E-state index in [4.69, 9.17) is 9.47 Å². The smallest absolute Gasteiger partial charge is 0.269 e. The van der Waals surface area contributed by atoms with Crippen LogP contribution in [0.15, 0.2) is 66.7 Å². The third-order valence-electron chi connectivity index (χ3n) is 4.77. The minimum Gasteiger partial charge on any atom is -0.497 e. The summed E-state index contributed by atoms with van der Waals surface area (Å²) in [5.74, 6) is 1.06. The number of non-ortho nitro benzene ring substituents is 1. The highest BCUT2D eigenvalue weighted by atomic mass is 16.6. The molecule has 0 atom stereocenters. The van der Waals surface area contributed by atoms with Gasteiger partial charge in [-0.05, 0) is 59.8 Å². The number of nitrogens with one attached hydrogen (secondary N) is 1. The molecule has 4 rings (SSSR count). The minimum atomic E-state index is -0.527. The molecule has 0 fully saturated rings. The Morgan fingerprint density at radius 2 is 1.64 bits per heavy atom. The van der Waals surface area contributed by atoms with Crippen LogP contribution in [0.3, 0.4) is 0 Å². The summed E-state index contributed by atoms with van der Waals surface area (Å²) in [6.45, 7) is 0. The van der Waals surface area contributed by atoms with Gasteiger partial charge in [-0.1, -0.05) is 0 Å². The van der Waals surface area contributed by atoms with Crippen LogP contribution < -0.4 is 14.8 Å². The Labute approximate surface area is 187 Å². The van der Waals surface area contributed by atoms with E-state index in [1.54, 1.807) is 49.6 Å². The fourth-order valence-corrected chi connectivity index (χ4v) is 3.02. The van der Waals surface area contributed by atoms with Gasteiger partial charge in [0, 0.05) is 17.7 Å². The average Bonchev–Trinajstić information content (AvgIpc) is 3.34. The molecule has 3 aromatic carbocycles. The molecule has 0 unspecified atom stereocenters. The maximum absolute atomic E-state index is 12.7. The molecule has 0 spiro atoms. The monoisotopic (exact) mass is 446 g/mol. The van der Waals surface area contributed by atoms with Crippen LogP contribution in [0.5, 0.6) is 11.5 Å². The lowest BCUT2D eigenvalue weighted by molar-refractivity contribution is -0.384. The maximum Gasteiger partial charge on any atom is 0.269 e. The SMILES string of the molecule is COc1ccc(-n2nnc(-c3cc(OC)ccc3NC(=O)c3ccc([N+](=O)[O-])cc3)n2)cc1. The first-order valence-corrected chi connectivity index (χ1v) is 9.67. The van der Waals surface area contributed by atoms with Gasteiger partial charge in [-0.3, -0.25) is 14.9 Å². The number of anilines is 1. The summed E-state index contributed by atoms with van der Waals surface area (Å²) >= 11 is 0. The van der Waals surface area contributed by atoms with E-state index < -0.39 is 10.8 Å². The van der Waals surface area contributed by atoms with E-state index in [1.165, 1.54) is 36.2 Å². The third-order valence-corrected chi connectivity index (χ3v) is 4.77. The molecule has 33 heavy (non-hydrogen) atoms. The van der Waals surface area contributed by atoms with Crippen molar-refractivity contribution in [2.75, 3.05) is 19.5 Å². The zero-order valence-electron chi connectivity index (χ0n) is 17.6. The topological polar surface area (TPSA) is 134 Å². The number of hydrogen-bond donors (Lipinski definition) is 1. The van der Waals surface area contributed by atoms with Crippen LogP contribution in [0.2, 0.25) is 0 Å². The van der Waals surface area contributed by atoms with Crippen molar-refractivity contribution < 1.29 is 19.2 Å². The predicted octanol–water partition coefficient (Wildman–Crippen LogP) is 3.51. The van der Waals surface area contributed by atoms with Gasteiger partial charge in [0.25, 0.3) is 11.6 Å². The van der Waals surface area contributed by atoms with Crippen LogP contribution in [-0.2, 0) is 0 Å². The molecule has 0 aliphatic rings. The number of aromatic nitrogens is 4. The zero-order valence-corrected chi connectivity index (χ0v) is 17.6. The third kappa shape index (κ3) is 4.61. The van der Waals surface area contributed by atoms with Crippen LogP contribution >= 0.6 is 0 Å².